The van der Waals surface area contributed by atoms with Crippen molar-refractivity contribution in [3.05, 3.63) is 77.9 Å². The van der Waals surface area contributed by atoms with Crippen LogP contribution in [0.1, 0.15) is 30.4 Å². The number of piperidine rings is 1. The van der Waals surface area contributed by atoms with Crippen LogP contribution >= 0.6 is 0 Å². The number of hydrogen-bond acceptors (Lipinski definition) is 3. The number of carbonyl (C=O) groups excluding carboxylic acids is 1. The highest BCUT2D eigenvalue weighted by atomic mass is 16.5. The molecule has 1 amide bonds. The first-order valence-corrected chi connectivity index (χ1v) is 11.1. The van der Waals surface area contributed by atoms with Crippen molar-refractivity contribution in [3.63, 3.8) is 0 Å². The molecule has 1 atom stereocenters. The van der Waals surface area contributed by atoms with Gasteiger partial charge in [0.2, 0.25) is 5.91 Å². The summed E-state index contributed by atoms with van der Waals surface area (Å²) in [5.74, 6) is 1.73. The molecule has 30 heavy (non-hydrogen) atoms. The molecule has 0 aromatic heterocycles. The first-order valence-electron chi connectivity index (χ1n) is 11.1. The average Bonchev–Trinajstić information content (AvgIpc) is 2.97. The van der Waals surface area contributed by atoms with E-state index in [0.717, 1.165) is 50.2 Å². The minimum Gasteiger partial charge on any atom is -0.497 e. The molecule has 1 fully saturated rings. The molecule has 4 rings (SSSR count). The van der Waals surface area contributed by atoms with Crippen LogP contribution in [-0.2, 0) is 17.9 Å². The Hall–Kier alpha value is -2.59. The maximum Gasteiger partial charge on any atom is 0.226 e. The van der Waals surface area contributed by atoms with Crippen molar-refractivity contribution in [1.82, 2.24) is 9.80 Å². The molecule has 4 nitrogen and oxygen atoms in total. The van der Waals surface area contributed by atoms with E-state index in [1.54, 1.807) is 7.11 Å². The number of hydrogen-bond donors (Lipinski definition) is 0. The Balaban J connectivity index is 1.36. The Morgan fingerprint density at radius 2 is 1.70 bits per heavy atom. The Labute approximate surface area is 180 Å². The Bertz CT molecular complexity index is 856. The normalized spacial score (nSPS) is 20.9. The molecule has 0 aliphatic carbocycles. The standard InChI is InChI=1S/C26H32N2O2/c1-30-24-11-7-10-22(18-24)20-28-15-6-5-12-25(26(28)29)23-13-16-27(17-14-23)19-21-8-3-2-4-9-21/h2-11,18,23,25H,12-17,19-20H2,1H3/t25-/m1/s1. The van der Waals surface area contributed by atoms with E-state index in [4.69, 9.17) is 4.74 Å². The molecule has 0 radical (unpaired) electrons. The van der Waals surface area contributed by atoms with Crippen LogP contribution in [0.4, 0.5) is 0 Å². The number of allylic oxidation sites excluding steroid dienone is 1. The SMILES string of the molecule is COc1cccc(CN2CC=CC[C@H](C3CCN(Cc4ccccc4)CC3)C2=O)c1. The molecule has 0 unspecified atom stereocenters. The summed E-state index contributed by atoms with van der Waals surface area (Å²) in [6.07, 6.45) is 7.44. The van der Waals surface area contributed by atoms with Gasteiger partial charge in [-0.15, -0.1) is 0 Å². The van der Waals surface area contributed by atoms with Gasteiger partial charge in [-0.2, -0.15) is 0 Å². The lowest BCUT2D eigenvalue weighted by Crippen LogP contribution is -2.42. The van der Waals surface area contributed by atoms with Crippen LogP contribution in [-0.4, -0.2) is 42.5 Å². The smallest absolute Gasteiger partial charge is 0.226 e. The molecule has 0 N–H and O–H groups in total. The van der Waals surface area contributed by atoms with Gasteiger partial charge in [-0.25, -0.2) is 0 Å². The van der Waals surface area contributed by atoms with E-state index in [2.05, 4.69) is 53.5 Å². The van der Waals surface area contributed by atoms with Crippen molar-refractivity contribution < 1.29 is 9.53 Å². The number of benzene rings is 2. The number of amides is 1. The quantitative estimate of drug-likeness (QED) is 0.664. The zero-order chi connectivity index (χ0) is 20.8. The van der Waals surface area contributed by atoms with Gasteiger partial charge in [0.1, 0.15) is 5.75 Å². The topological polar surface area (TPSA) is 32.8 Å². The first kappa shape index (κ1) is 20.7. The van der Waals surface area contributed by atoms with Crippen molar-refractivity contribution in [2.75, 3.05) is 26.7 Å². The van der Waals surface area contributed by atoms with E-state index in [-0.39, 0.29) is 5.92 Å². The molecule has 0 spiro atoms. The number of methoxy groups -OCH3 is 1. The first-order chi connectivity index (χ1) is 14.7. The van der Waals surface area contributed by atoms with Crippen LogP contribution < -0.4 is 4.74 Å². The van der Waals surface area contributed by atoms with Crippen molar-refractivity contribution in [2.24, 2.45) is 11.8 Å². The highest BCUT2D eigenvalue weighted by Crippen LogP contribution is 2.31. The van der Waals surface area contributed by atoms with Crippen LogP contribution in [0.2, 0.25) is 0 Å². The molecule has 2 heterocycles. The summed E-state index contributed by atoms with van der Waals surface area (Å²) in [5.41, 5.74) is 2.49. The molecule has 4 heteroatoms. The second-order valence-corrected chi connectivity index (χ2v) is 8.48. The van der Waals surface area contributed by atoms with Gasteiger partial charge in [-0.1, -0.05) is 54.6 Å². The fourth-order valence-corrected chi connectivity index (χ4v) is 4.75. The van der Waals surface area contributed by atoms with Crippen LogP contribution in [0, 0.1) is 11.8 Å². The van der Waals surface area contributed by atoms with Gasteiger partial charge in [0.25, 0.3) is 0 Å². The highest BCUT2D eigenvalue weighted by molar-refractivity contribution is 5.80. The third-order valence-corrected chi connectivity index (χ3v) is 6.47. The summed E-state index contributed by atoms with van der Waals surface area (Å²) in [4.78, 5) is 18.0. The van der Waals surface area contributed by atoms with Crippen molar-refractivity contribution >= 4 is 5.91 Å². The molecule has 0 bridgehead atoms. The number of rotatable bonds is 6. The molecule has 2 aromatic carbocycles. The predicted molar refractivity (Wildman–Crippen MR) is 120 cm³/mol. The predicted octanol–water partition coefficient (Wildman–Crippen LogP) is 4.51. The lowest BCUT2D eigenvalue weighted by atomic mass is 9.81. The summed E-state index contributed by atoms with van der Waals surface area (Å²) in [7, 11) is 1.68. The summed E-state index contributed by atoms with van der Waals surface area (Å²) in [5, 5.41) is 0. The van der Waals surface area contributed by atoms with Crippen LogP contribution in [0.5, 0.6) is 5.75 Å². The largest absolute Gasteiger partial charge is 0.497 e. The molecular weight excluding hydrogens is 372 g/mol. The zero-order valence-corrected chi connectivity index (χ0v) is 17.9. The zero-order valence-electron chi connectivity index (χ0n) is 17.9. The third kappa shape index (κ3) is 5.11. The number of ether oxygens (including phenoxy) is 1. The summed E-state index contributed by atoms with van der Waals surface area (Å²) < 4.78 is 5.34. The van der Waals surface area contributed by atoms with Gasteiger partial charge >= 0.3 is 0 Å². The van der Waals surface area contributed by atoms with E-state index < -0.39 is 0 Å². The second kappa shape index (κ2) is 9.94. The monoisotopic (exact) mass is 404 g/mol. The third-order valence-electron chi connectivity index (χ3n) is 6.47. The van der Waals surface area contributed by atoms with Gasteiger partial charge in [0.15, 0.2) is 0 Å². The van der Waals surface area contributed by atoms with Gasteiger partial charge in [0.05, 0.1) is 7.11 Å². The van der Waals surface area contributed by atoms with E-state index in [1.807, 2.05) is 23.1 Å². The molecule has 1 saturated heterocycles. The van der Waals surface area contributed by atoms with Crippen molar-refractivity contribution in [1.29, 1.82) is 0 Å². The van der Waals surface area contributed by atoms with E-state index in [1.165, 1.54) is 5.56 Å². The van der Waals surface area contributed by atoms with E-state index >= 15 is 0 Å². The Morgan fingerprint density at radius 3 is 2.47 bits per heavy atom. The van der Waals surface area contributed by atoms with E-state index in [9.17, 15) is 4.79 Å². The molecule has 158 valence electrons. The van der Waals surface area contributed by atoms with Crippen molar-refractivity contribution in [2.45, 2.75) is 32.4 Å². The molecule has 0 saturated carbocycles. The van der Waals surface area contributed by atoms with Gasteiger partial charge in [-0.3, -0.25) is 9.69 Å². The van der Waals surface area contributed by atoms with Crippen LogP contribution in [0.3, 0.4) is 0 Å². The van der Waals surface area contributed by atoms with Crippen LogP contribution in [0.15, 0.2) is 66.7 Å². The second-order valence-electron chi connectivity index (χ2n) is 8.48. The molecular formula is C26H32N2O2. The fraction of sp³-hybridized carbons (Fsp3) is 0.423. The minimum absolute atomic E-state index is 0.105. The van der Waals surface area contributed by atoms with Crippen LogP contribution in [0.25, 0.3) is 0 Å². The van der Waals surface area contributed by atoms with E-state index in [0.29, 0.717) is 24.9 Å². The van der Waals surface area contributed by atoms with Crippen molar-refractivity contribution in [3.8, 4) is 5.75 Å². The summed E-state index contributed by atoms with van der Waals surface area (Å²) in [6, 6.07) is 18.7. The lowest BCUT2D eigenvalue weighted by molar-refractivity contribution is -0.137. The maximum absolute atomic E-state index is 13.4. The Kier molecular flexibility index (Phi) is 6.85. The summed E-state index contributed by atoms with van der Waals surface area (Å²) in [6.45, 7) is 4.49. The highest BCUT2D eigenvalue weighted by Gasteiger charge is 2.34. The number of likely N-dealkylation sites (tertiary alicyclic amines) is 1. The fourth-order valence-electron chi connectivity index (χ4n) is 4.75. The van der Waals surface area contributed by atoms with Gasteiger partial charge < -0.3 is 9.64 Å². The Morgan fingerprint density at radius 1 is 0.933 bits per heavy atom. The molecule has 2 aliphatic heterocycles. The molecule has 2 aliphatic rings. The lowest BCUT2D eigenvalue weighted by Gasteiger charge is -2.36. The molecule has 2 aromatic rings. The van der Waals surface area contributed by atoms with Gasteiger partial charge in [-0.05, 0) is 61.5 Å². The van der Waals surface area contributed by atoms with Gasteiger partial charge in [0, 0.05) is 25.6 Å². The minimum atomic E-state index is 0.105. The summed E-state index contributed by atoms with van der Waals surface area (Å²) >= 11 is 0. The maximum atomic E-state index is 13.4. The number of carbonyl (C=O) groups is 1. The number of nitrogens with zero attached hydrogens (tertiary/aromatic N) is 2. The average molecular weight is 405 g/mol.